The molecule has 1 heterocycles. The Morgan fingerprint density at radius 1 is 1.43 bits per heavy atom. The third-order valence-corrected chi connectivity index (χ3v) is 3.13. The topological polar surface area (TPSA) is 16.1 Å². The molecular formula is C11H17ClN2. The van der Waals surface area contributed by atoms with Crippen LogP contribution >= 0.6 is 11.6 Å². The van der Waals surface area contributed by atoms with Gasteiger partial charge in [-0.3, -0.25) is 0 Å². The number of pyridine rings is 1. The summed E-state index contributed by atoms with van der Waals surface area (Å²) in [7, 11) is 2.01. The van der Waals surface area contributed by atoms with Gasteiger partial charge in [-0.25, -0.2) is 4.98 Å². The molecule has 0 aliphatic carbocycles. The van der Waals surface area contributed by atoms with Crippen molar-refractivity contribution in [3.05, 3.63) is 23.9 Å². The van der Waals surface area contributed by atoms with Crippen molar-refractivity contribution in [2.75, 3.05) is 17.8 Å². The third-order valence-electron chi connectivity index (χ3n) is 2.47. The minimum atomic E-state index is -0.0657. The van der Waals surface area contributed by atoms with Crippen LogP contribution in [0.1, 0.15) is 19.4 Å². The van der Waals surface area contributed by atoms with Crippen LogP contribution in [0.4, 0.5) is 5.82 Å². The molecule has 0 bridgehead atoms. The second-order valence-corrected chi connectivity index (χ2v) is 4.47. The zero-order valence-corrected chi connectivity index (χ0v) is 9.97. The van der Waals surface area contributed by atoms with E-state index in [1.54, 1.807) is 0 Å². The lowest BCUT2D eigenvalue weighted by atomic mass is 10.1. The predicted molar refractivity (Wildman–Crippen MR) is 62.2 cm³/mol. The highest BCUT2D eigenvalue weighted by atomic mass is 35.5. The second kappa shape index (κ2) is 4.18. The number of hydrogen-bond donors (Lipinski definition) is 0. The fraction of sp³-hybridized carbons (Fsp3) is 0.545. The molecule has 0 amide bonds. The lowest BCUT2D eigenvalue weighted by Crippen LogP contribution is -2.43. The Morgan fingerprint density at radius 3 is 2.50 bits per heavy atom. The highest BCUT2D eigenvalue weighted by Gasteiger charge is 2.23. The van der Waals surface area contributed by atoms with Gasteiger partial charge in [0, 0.05) is 24.7 Å². The van der Waals surface area contributed by atoms with E-state index in [4.69, 9.17) is 11.6 Å². The van der Waals surface area contributed by atoms with E-state index >= 15 is 0 Å². The molecule has 0 aliphatic heterocycles. The van der Waals surface area contributed by atoms with Crippen molar-refractivity contribution in [1.29, 1.82) is 0 Å². The smallest absolute Gasteiger partial charge is 0.128 e. The largest absolute Gasteiger partial charge is 0.353 e. The average Bonchev–Trinajstić information content (AvgIpc) is 2.18. The molecule has 0 unspecified atom stereocenters. The molecule has 1 aromatic rings. The third kappa shape index (κ3) is 2.38. The summed E-state index contributed by atoms with van der Waals surface area (Å²) in [6.45, 7) is 6.23. The fourth-order valence-electron chi connectivity index (χ4n) is 1.06. The predicted octanol–water partition coefficient (Wildman–Crippen LogP) is 2.84. The van der Waals surface area contributed by atoms with Gasteiger partial charge in [-0.1, -0.05) is 6.07 Å². The van der Waals surface area contributed by atoms with Gasteiger partial charge in [-0.15, -0.1) is 11.6 Å². The van der Waals surface area contributed by atoms with E-state index in [9.17, 15) is 0 Å². The van der Waals surface area contributed by atoms with E-state index in [1.165, 1.54) is 5.56 Å². The van der Waals surface area contributed by atoms with E-state index in [2.05, 4.69) is 29.8 Å². The Kier molecular flexibility index (Phi) is 3.38. The maximum Gasteiger partial charge on any atom is 0.128 e. The molecule has 0 saturated carbocycles. The van der Waals surface area contributed by atoms with Gasteiger partial charge in [0.2, 0.25) is 0 Å². The maximum atomic E-state index is 5.90. The molecule has 14 heavy (non-hydrogen) atoms. The van der Waals surface area contributed by atoms with Gasteiger partial charge >= 0.3 is 0 Å². The Bertz CT molecular complexity index is 293. The number of hydrogen-bond acceptors (Lipinski definition) is 2. The van der Waals surface area contributed by atoms with Crippen LogP contribution in [-0.2, 0) is 0 Å². The fourth-order valence-corrected chi connectivity index (χ4v) is 1.24. The summed E-state index contributed by atoms with van der Waals surface area (Å²) in [5.41, 5.74) is 1.11. The number of nitrogens with zero attached hydrogens (tertiary/aromatic N) is 2. The van der Waals surface area contributed by atoms with Crippen LogP contribution < -0.4 is 4.90 Å². The van der Waals surface area contributed by atoms with Crippen LogP contribution in [0.3, 0.4) is 0 Å². The van der Waals surface area contributed by atoms with Gasteiger partial charge in [0.05, 0.1) is 0 Å². The van der Waals surface area contributed by atoms with Crippen LogP contribution in [0, 0.1) is 6.92 Å². The van der Waals surface area contributed by atoms with Crippen LogP contribution in [0.25, 0.3) is 0 Å². The Hall–Kier alpha value is -0.760. The molecule has 0 spiro atoms. The number of anilines is 1. The average molecular weight is 213 g/mol. The SMILES string of the molecule is Cc1ccc(N(C)C(C)(C)CCl)nc1. The van der Waals surface area contributed by atoms with Crippen molar-refractivity contribution in [1.82, 2.24) is 4.98 Å². The van der Waals surface area contributed by atoms with Gasteiger partial charge in [-0.05, 0) is 32.4 Å². The van der Waals surface area contributed by atoms with Gasteiger partial charge in [0.1, 0.15) is 5.82 Å². The highest BCUT2D eigenvalue weighted by molar-refractivity contribution is 6.18. The number of alkyl halides is 1. The van der Waals surface area contributed by atoms with Gasteiger partial charge in [0.25, 0.3) is 0 Å². The van der Waals surface area contributed by atoms with Gasteiger partial charge in [-0.2, -0.15) is 0 Å². The molecule has 0 saturated heterocycles. The van der Waals surface area contributed by atoms with Gasteiger partial charge < -0.3 is 4.90 Å². The standard InChI is InChI=1S/C11H17ClN2/c1-9-5-6-10(13-7-9)14(4)11(2,3)8-12/h5-7H,8H2,1-4H3. The van der Waals surface area contributed by atoms with Crippen LogP contribution in [0.5, 0.6) is 0 Å². The summed E-state index contributed by atoms with van der Waals surface area (Å²) >= 11 is 5.90. The molecule has 3 heteroatoms. The Morgan fingerprint density at radius 2 is 2.07 bits per heavy atom. The summed E-state index contributed by atoms with van der Waals surface area (Å²) in [6.07, 6.45) is 1.87. The monoisotopic (exact) mass is 212 g/mol. The van der Waals surface area contributed by atoms with E-state index in [0.717, 1.165) is 5.82 Å². The number of rotatable bonds is 3. The highest BCUT2D eigenvalue weighted by Crippen LogP contribution is 2.21. The molecule has 0 radical (unpaired) electrons. The molecule has 1 rings (SSSR count). The summed E-state index contributed by atoms with van der Waals surface area (Å²) < 4.78 is 0. The lowest BCUT2D eigenvalue weighted by Gasteiger charge is -2.34. The number of halogens is 1. The quantitative estimate of drug-likeness (QED) is 0.717. The van der Waals surface area contributed by atoms with Crippen molar-refractivity contribution in [2.24, 2.45) is 0 Å². The van der Waals surface area contributed by atoms with Crippen LogP contribution in [0.15, 0.2) is 18.3 Å². The summed E-state index contributed by atoms with van der Waals surface area (Å²) in [4.78, 5) is 6.46. The second-order valence-electron chi connectivity index (χ2n) is 4.20. The first-order chi connectivity index (χ1) is 6.47. The van der Waals surface area contributed by atoms with Crippen molar-refractivity contribution < 1.29 is 0 Å². The molecule has 0 atom stereocenters. The summed E-state index contributed by atoms with van der Waals surface area (Å²) in [5, 5.41) is 0. The normalized spacial score (nSPS) is 11.5. The summed E-state index contributed by atoms with van der Waals surface area (Å²) in [6, 6.07) is 4.08. The maximum absolute atomic E-state index is 5.90. The molecule has 0 aromatic carbocycles. The van der Waals surface area contributed by atoms with Crippen molar-refractivity contribution in [2.45, 2.75) is 26.3 Å². The first-order valence-electron chi connectivity index (χ1n) is 4.70. The van der Waals surface area contributed by atoms with Crippen LogP contribution in [-0.4, -0.2) is 23.5 Å². The zero-order chi connectivity index (χ0) is 10.8. The molecular weight excluding hydrogens is 196 g/mol. The lowest BCUT2D eigenvalue weighted by molar-refractivity contribution is 0.540. The number of aromatic nitrogens is 1. The molecule has 0 fully saturated rings. The van der Waals surface area contributed by atoms with E-state index < -0.39 is 0 Å². The first-order valence-corrected chi connectivity index (χ1v) is 5.23. The van der Waals surface area contributed by atoms with E-state index in [-0.39, 0.29) is 5.54 Å². The Balaban J connectivity index is 2.89. The number of aryl methyl sites for hydroxylation is 1. The molecule has 78 valence electrons. The van der Waals surface area contributed by atoms with Crippen molar-refractivity contribution in [3.8, 4) is 0 Å². The molecule has 0 N–H and O–H groups in total. The first kappa shape index (κ1) is 11.3. The Labute approximate surface area is 90.9 Å². The molecule has 2 nitrogen and oxygen atoms in total. The molecule has 1 aromatic heterocycles. The zero-order valence-electron chi connectivity index (χ0n) is 9.21. The molecule has 0 aliphatic rings. The minimum Gasteiger partial charge on any atom is -0.353 e. The van der Waals surface area contributed by atoms with Crippen molar-refractivity contribution >= 4 is 17.4 Å². The van der Waals surface area contributed by atoms with E-state index in [1.807, 2.05) is 26.2 Å². The van der Waals surface area contributed by atoms with Gasteiger partial charge in [0.15, 0.2) is 0 Å². The van der Waals surface area contributed by atoms with Crippen LogP contribution in [0.2, 0.25) is 0 Å². The van der Waals surface area contributed by atoms with E-state index in [0.29, 0.717) is 5.88 Å². The van der Waals surface area contributed by atoms with Crippen molar-refractivity contribution in [3.63, 3.8) is 0 Å². The summed E-state index contributed by atoms with van der Waals surface area (Å²) in [5.74, 6) is 1.54. The minimum absolute atomic E-state index is 0.0657.